The van der Waals surface area contributed by atoms with Crippen LogP contribution in [0.2, 0.25) is 0 Å². The number of nitrogens with zero attached hydrogens (tertiary/aromatic N) is 1. The molecule has 5 nitrogen and oxygen atoms in total. The van der Waals surface area contributed by atoms with Gasteiger partial charge in [0.05, 0.1) is 10.6 Å². The molecule has 0 aliphatic rings. The van der Waals surface area contributed by atoms with Crippen LogP contribution in [-0.4, -0.2) is 31.0 Å². The van der Waals surface area contributed by atoms with Gasteiger partial charge in [-0.25, -0.2) is 0 Å². The van der Waals surface area contributed by atoms with Gasteiger partial charge >= 0.3 is 10.1 Å². The molecule has 0 aliphatic carbocycles. The summed E-state index contributed by atoms with van der Waals surface area (Å²) in [5, 5.41) is 1.86. The number of carbonyl (C=O) groups excluding carboxylic acids is 1. The van der Waals surface area contributed by atoms with Crippen molar-refractivity contribution in [3.05, 3.63) is 52.2 Å². The molecule has 24 heavy (non-hydrogen) atoms. The lowest BCUT2D eigenvalue weighted by molar-refractivity contribution is 0.0695. The van der Waals surface area contributed by atoms with E-state index in [1.807, 2.05) is 25.3 Å². The summed E-state index contributed by atoms with van der Waals surface area (Å²) in [4.78, 5) is 15.0. The minimum absolute atomic E-state index is 0.0320. The lowest BCUT2D eigenvalue weighted by Gasteiger charge is -2.27. The molecule has 1 amide bonds. The maximum atomic E-state index is 12.7. The van der Waals surface area contributed by atoms with Crippen molar-refractivity contribution >= 4 is 27.4 Å². The van der Waals surface area contributed by atoms with Gasteiger partial charge in [-0.1, -0.05) is 24.3 Å². The smallest absolute Gasteiger partial charge is 0.308 e. The molecule has 1 aromatic heterocycles. The van der Waals surface area contributed by atoms with E-state index < -0.39 is 10.1 Å². The van der Waals surface area contributed by atoms with Crippen molar-refractivity contribution in [2.24, 2.45) is 0 Å². The Kier molecular flexibility index (Phi) is 6.01. The largest absolute Gasteiger partial charge is 0.382 e. The predicted octanol–water partition coefficient (Wildman–Crippen LogP) is 3.53. The molecular weight excluding hydrogens is 346 g/mol. The molecule has 1 heterocycles. The monoisotopic (exact) mass is 367 g/mol. The van der Waals surface area contributed by atoms with Gasteiger partial charge in [0.25, 0.3) is 5.91 Å². The Hall–Kier alpha value is -1.86. The van der Waals surface area contributed by atoms with E-state index in [-0.39, 0.29) is 30.0 Å². The first-order valence-corrected chi connectivity index (χ1v) is 10.1. The molecule has 0 saturated heterocycles. The molecular formula is C17H21NO4S2. The van der Waals surface area contributed by atoms with Gasteiger partial charge in [-0.15, -0.1) is 11.3 Å². The lowest BCUT2D eigenvalue weighted by atomic mass is 10.1. The van der Waals surface area contributed by atoms with E-state index in [1.165, 1.54) is 18.3 Å². The number of hydrogen-bond acceptors (Lipinski definition) is 5. The quantitative estimate of drug-likeness (QED) is 0.702. The number of benzene rings is 1. The van der Waals surface area contributed by atoms with Crippen LogP contribution < -0.4 is 4.18 Å². The van der Waals surface area contributed by atoms with Crippen LogP contribution in [0.15, 0.2) is 41.8 Å². The highest BCUT2D eigenvalue weighted by Gasteiger charge is 2.22. The fourth-order valence-electron chi connectivity index (χ4n) is 2.13. The Morgan fingerprint density at radius 1 is 1.21 bits per heavy atom. The van der Waals surface area contributed by atoms with E-state index in [4.69, 9.17) is 4.18 Å². The standard InChI is InChI=1S/C17H21NO4S2/c1-4-24(20,21)22-15-9-6-5-8-14(15)12-18(13(2)3)17(19)16-10-7-11-23-16/h5-11,13H,4,12H2,1-3H3. The first-order chi connectivity index (χ1) is 11.3. The second-order valence-electron chi connectivity index (χ2n) is 5.54. The molecule has 2 rings (SSSR count). The summed E-state index contributed by atoms with van der Waals surface area (Å²) in [5.41, 5.74) is 0.660. The highest BCUT2D eigenvalue weighted by atomic mass is 32.2. The Morgan fingerprint density at radius 3 is 2.50 bits per heavy atom. The van der Waals surface area contributed by atoms with E-state index in [0.717, 1.165) is 0 Å². The summed E-state index contributed by atoms with van der Waals surface area (Å²) < 4.78 is 28.7. The van der Waals surface area contributed by atoms with E-state index in [2.05, 4.69) is 0 Å². The molecule has 130 valence electrons. The first-order valence-electron chi connectivity index (χ1n) is 7.68. The number of thiophene rings is 1. The van der Waals surface area contributed by atoms with Crippen LogP contribution in [0.1, 0.15) is 36.0 Å². The van der Waals surface area contributed by atoms with Crippen molar-refractivity contribution in [2.45, 2.75) is 33.4 Å². The van der Waals surface area contributed by atoms with Gasteiger partial charge in [0.1, 0.15) is 5.75 Å². The normalized spacial score (nSPS) is 11.5. The Balaban J connectivity index is 2.29. The van der Waals surface area contributed by atoms with Crippen molar-refractivity contribution in [1.82, 2.24) is 4.90 Å². The van der Waals surface area contributed by atoms with Crippen LogP contribution in [0, 0.1) is 0 Å². The minimum atomic E-state index is -3.62. The molecule has 0 N–H and O–H groups in total. The van der Waals surface area contributed by atoms with Gasteiger partial charge in [-0.3, -0.25) is 4.79 Å². The minimum Gasteiger partial charge on any atom is -0.382 e. The van der Waals surface area contributed by atoms with Crippen LogP contribution in [-0.2, 0) is 16.7 Å². The van der Waals surface area contributed by atoms with Gasteiger partial charge in [0.2, 0.25) is 0 Å². The number of hydrogen-bond donors (Lipinski definition) is 0. The van der Waals surface area contributed by atoms with Crippen molar-refractivity contribution < 1.29 is 17.4 Å². The Morgan fingerprint density at radius 2 is 1.92 bits per heavy atom. The maximum absolute atomic E-state index is 12.7. The van der Waals surface area contributed by atoms with Crippen LogP contribution >= 0.6 is 11.3 Å². The molecule has 0 unspecified atom stereocenters. The fraction of sp³-hybridized carbons (Fsp3) is 0.353. The maximum Gasteiger partial charge on any atom is 0.308 e. The van der Waals surface area contributed by atoms with Crippen LogP contribution in [0.25, 0.3) is 0 Å². The van der Waals surface area contributed by atoms with Gasteiger partial charge in [-0.05, 0) is 38.3 Å². The second-order valence-corrected chi connectivity index (χ2v) is 8.35. The van der Waals surface area contributed by atoms with Gasteiger partial charge in [0, 0.05) is 18.2 Å². The van der Waals surface area contributed by atoms with Crippen molar-refractivity contribution in [3.8, 4) is 5.75 Å². The zero-order valence-electron chi connectivity index (χ0n) is 13.9. The zero-order chi connectivity index (χ0) is 17.7. The predicted molar refractivity (Wildman–Crippen MR) is 95.9 cm³/mol. The molecule has 0 radical (unpaired) electrons. The molecule has 0 spiro atoms. The van der Waals surface area contributed by atoms with E-state index in [9.17, 15) is 13.2 Å². The molecule has 0 bridgehead atoms. The van der Waals surface area contributed by atoms with E-state index in [0.29, 0.717) is 10.4 Å². The summed E-state index contributed by atoms with van der Waals surface area (Å²) in [7, 11) is -3.62. The summed E-state index contributed by atoms with van der Waals surface area (Å²) in [5.74, 6) is 0.0840. The number of para-hydroxylation sites is 1. The molecule has 7 heteroatoms. The van der Waals surface area contributed by atoms with Crippen molar-refractivity contribution in [2.75, 3.05) is 5.75 Å². The van der Waals surface area contributed by atoms with Gasteiger partial charge in [-0.2, -0.15) is 8.42 Å². The average Bonchev–Trinajstić information content (AvgIpc) is 3.07. The molecule has 0 saturated carbocycles. The van der Waals surface area contributed by atoms with Gasteiger partial charge in [0.15, 0.2) is 0 Å². The molecule has 0 aliphatic heterocycles. The molecule has 1 aromatic carbocycles. The zero-order valence-corrected chi connectivity index (χ0v) is 15.6. The van der Waals surface area contributed by atoms with Crippen LogP contribution in [0.4, 0.5) is 0 Å². The second kappa shape index (κ2) is 7.81. The summed E-state index contributed by atoms with van der Waals surface area (Å²) >= 11 is 1.39. The summed E-state index contributed by atoms with van der Waals surface area (Å²) in [6, 6.07) is 10.5. The Bertz CT molecular complexity index is 783. The van der Waals surface area contributed by atoms with Gasteiger partial charge < -0.3 is 9.08 Å². The van der Waals surface area contributed by atoms with Crippen LogP contribution in [0.3, 0.4) is 0 Å². The summed E-state index contributed by atoms with van der Waals surface area (Å²) in [6.07, 6.45) is 0. The molecule has 0 fully saturated rings. The van der Waals surface area contributed by atoms with Crippen LogP contribution in [0.5, 0.6) is 5.75 Å². The fourth-order valence-corrected chi connectivity index (χ4v) is 3.36. The third kappa shape index (κ3) is 4.58. The van der Waals surface area contributed by atoms with Crippen molar-refractivity contribution in [3.63, 3.8) is 0 Å². The number of carbonyl (C=O) groups is 1. The highest BCUT2D eigenvalue weighted by Crippen LogP contribution is 2.24. The van der Waals surface area contributed by atoms with E-state index in [1.54, 1.807) is 35.2 Å². The third-order valence-electron chi connectivity index (χ3n) is 3.50. The molecule has 2 aromatic rings. The highest BCUT2D eigenvalue weighted by molar-refractivity contribution is 7.87. The van der Waals surface area contributed by atoms with E-state index >= 15 is 0 Å². The SMILES string of the molecule is CCS(=O)(=O)Oc1ccccc1CN(C(=O)c1cccs1)C(C)C. The lowest BCUT2D eigenvalue weighted by Crippen LogP contribution is -2.36. The number of rotatable bonds is 7. The third-order valence-corrected chi connectivity index (χ3v) is 5.50. The first kappa shape index (κ1) is 18.5. The topological polar surface area (TPSA) is 63.7 Å². The van der Waals surface area contributed by atoms with Crippen molar-refractivity contribution in [1.29, 1.82) is 0 Å². The molecule has 0 atom stereocenters. The Labute approximate surface area is 147 Å². The average molecular weight is 367 g/mol. The number of amides is 1. The summed E-state index contributed by atoms with van der Waals surface area (Å²) in [6.45, 7) is 5.66.